The van der Waals surface area contributed by atoms with Crippen LogP contribution in [0.2, 0.25) is 0 Å². The number of hydrogen-bond donors (Lipinski definition) is 1. The average molecular weight is 400 g/mol. The van der Waals surface area contributed by atoms with Gasteiger partial charge in [0.1, 0.15) is 0 Å². The fourth-order valence-electron chi connectivity index (χ4n) is 4.18. The van der Waals surface area contributed by atoms with Crippen molar-refractivity contribution in [3.05, 3.63) is 0 Å². The molecule has 27 heavy (non-hydrogen) atoms. The lowest BCUT2D eigenvalue weighted by atomic mass is 10.0. The van der Waals surface area contributed by atoms with Gasteiger partial charge in [-0.1, -0.05) is 90.4 Å². The van der Waals surface area contributed by atoms with Crippen LogP contribution in [0.1, 0.15) is 104 Å². The second-order valence-electron chi connectivity index (χ2n) is 9.20. The zero-order chi connectivity index (χ0) is 19.6. The minimum absolute atomic E-state index is 0.809. The van der Waals surface area contributed by atoms with E-state index in [4.69, 9.17) is 0 Å². The number of thioether (sulfide) groups is 1. The number of quaternary nitrogens is 1. The molecule has 2 nitrogen and oxygen atoms in total. The summed E-state index contributed by atoms with van der Waals surface area (Å²) in [6, 6.07) is 0.809. The molecule has 0 aromatic rings. The highest BCUT2D eigenvalue weighted by molar-refractivity contribution is 7.99. The number of hydrogen-bond acceptors (Lipinski definition) is 2. The van der Waals surface area contributed by atoms with Gasteiger partial charge in [-0.3, -0.25) is 0 Å². The van der Waals surface area contributed by atoms with E-state index in [1.54, 1.807) is 0 Å². The summed E-state index contributed by atoms with van der Waals surface area (Å²) in [6.07, 6.45) is 20.4. The van der Waals surface area contributed by atoms with Crippen molar-refractivity contribution in [1.29, 1.82) is 0 Å². The fraction of sp³-hybridized carbons (Fsp3) is 1.00. The molecule has 1 heterocycles. The molecular weight excluding hydrogens is 348 g/mol. The largest absolute Gasteiger partial charge is 0.321 e. The normalized spacial score (nSPS) is 17.9. The summed E-state index contributed by atoms with van der Waals surface area (Å²) in [5.74, 6) is 2.72. The Kier molecular flexibility index (Phi) is 16.1. The Morgan fingerprint density at radius 2 is 1.19 bits per heavy atom. The number of rotatable bonds is 18. The van der Waals surface area contributed by atoms with Crippen molar-refractivity contribution in [2.24, 2.45) is 0 Å². The summed E-state index contributed by atoms with van der Waals surface area (Å²) < 4.78 is 1.28. The molecule has 0 saturated carbocycles. The minimum atomic E-state index is 0.809. The molecule has 0 spiro atoms. The van der Waals surface area contributed by atoms with Gasteiger partial charge in [-0.2, -0.15) is 11.8 Å². The summed E-state index contributed by atoms with van der Waals surface area (Å²) in [6.45, 7) is 9.77. The topological polar surface area (TPSA) is 12.0 Å². The van der Waals surface area contributed by atoms with Crippen LogP contribution in [0.3, 0.4) is 0 Å². The van der Waals surface area contributed by atoms with Crippen molar-refractivity contribution < 1.29 is 4.48 Å². The average Bonchev–Trinajstić information content (AvgIpc) is 2.68. The zero-order valence-electron chi connectivity index (χ0n) is 19.1. The Bertz CT molecular complexity index is 316. The van der Waals surface area contributed by atoms with Gasteiger partial charge in [-0.15, -0.1) is 0 Å². The maximum Gasteiger partial charge on any atom is 0.0952 e. The number of nitrogens with one attached hydrogen (secondary N) is 1. The van der Waals surface area contributed by atoms with Crippen LogP contribution in [0.5, 0.6) is 0 Å². The molecule has 1 saturated heterocycles. The Labute approximate surface area is 176 Å². The van der Waals surface area contributed by atoms with Gasteiger partial charge in [0, 0.05) is 18.8 Å². The molecule has 0 radical (unpaired) electrons. The molecule has 1 rings (SSSR count). The van der Waals surface area contributed by atoms with E-state index in [9.17, 15) is 0 Å². The van der Waals surface area contributed by atoms with Gasteiger partial charge < -0.3 is 9.80 Å². The summed E-state index contributed by atoms with van der Waals surface area (Å²) in [5.41, 5.74) is 0. The van der Waals surface area contributed by atoms with Crippen LogP contribution in [0, 0.1) is 0 Å². The predicted molar refractivity (Wildman–Crippen MR) is 126 cm³/mol. The number of piperazine rings is 1. The molecule has 0 aliphatic carbocycles. The van der Waals surface area contributed by atoms with E-state index >= 15 is 0 Å². The molecule has 0 bridgehead atoms. The van der Waals surface area contributed by atoms with Crippen LogP contribution in [0.15, 0.2) is 0 Å². The van der Waals surface area contributed by atoms with Crippen molar-refractivity contribution in [3.63, 3.8) is 0 Å². The maximum atomic E-state index is 3.50. The van der Waals surface area contributed by atoms with E-state index in [0.29, 0.717) is 0 Å². The smallest absolute Gasteiger partial charge is 0.0952 e. The predicted octanol–water partition coefficient (Wildman–Crippen LogP) is 6.64. The van der Waals surface area contributed by atoms with E-state index < -0.39 is 0 Å². The third-order valence-electron chi connectivity index (χ3n) is 6.66. The lowest BCUT2D eigenvalue weighted by Gasteiger charge is -2.43. The van der Waals surface area contributed by atoms with Gasteiger partial charge in [0.25, 0.3) is 0 Å². The summed E-state index contributed by atoms with van der Waals surface area (Å²) in [5, 5.41) is 3.50. The van der Waals surface area contributed by atoms with Crippen LogP contribution < -0.4 is 5.32 Å². The molecule has 162 valence electrons. The molecule has 3 heteroatoms. The highest BCUT2D eigenvalue weighted by Gasteiger charge is 2.30. The van der Waals surface area contributed by atoms with E-state index in [-0.39, 0.29) is 0 Å². The Morgan fingerprint density at radius 3 is 1.67 bits per heavy atom. The van der Waals surface area contributed by atoms with E-state index in [1.165, 1.54) is 132 Å². The van der Waals surface area contributed by atoms with Gasteiger partial charge in [-0.05, 0) is 19.1 Å². The molecule has 1 aliphatic rings. The molecule has 0 aromatic heterocycles. The number of nitrogens with zero attached hydrogens (tertiary/aromatic N) is 1. The van der Waals surface area contributed by atoms with Crippen LogP contribution in [-0.4, -0.2) is 55.3 Å². The molecule has 1 atom stereocenters. The first-order valence-corrected chi connectivity index (χ1v) is 13.5. The lowest BCUT2D eigenvalue weighted by molar-refractivity contribution is -0.930. The molecular formula is C24H51N2S+. The van der Waals surface area contributed by atoms with Gasteiger partial charge >= 0.3 is 0 Å². The third-order valence-corrected chi connectivity index (χ3v) is 7.96. The van der Waals surface area contributed by atoms with Gasteiger partial charge in [0.2, 0.25) is 0 Å². The van der Waals surface area contributed by atoms with Crippen molar-refractivity contribution in [3.8, 4) is 0 Å². The second-order valence-corrected chi connectivity index (χ2v) is 10.3. The van der Waals surface area contributed by atoms with E-state index in [0.717, 1.165) is 6.04 Å². The third kappa shape index (κ3) is 13.2. The first kappa shape index (κ1) is 25.3. The molecule has 0 aromatic carbocycles. The minimum Gasteiger partial charge on any atom is -0.321 e. The molecule has 0 amide bonds. The lowest BCUT2D eigenvalue weighted by Crippen LogP contribution is -2.60. The molecule has 1 unspecified atom stereocenters. The molecule has 1 N–H and O–H groups in total. The van der Waals surface area contributed by atoms with Gasteiger partial charge in [-0.25, -0.2) is 0 Å². The van der Waals surface area contributed by atoms with Crippen molar-refractivity contribution in [2.45, 2.75) is 110 Å². The summed E-state index contributed by atoms with van der Waals surface area (Å²) >= 11 is 2.20. The van der Waals surface area contributed by atoms with Crippen LogP contribution in [0.25, 0.3) is 0 Å². The second kappa shape index (κ2) is 17.2. The van der Waals surface area contributed by atoms with Gasteiger partial charge in [0.05, 0.1) is 26.2 Å². The quantitative estimate of drug-likeness (QED) is 0.205. The van der Waals surface area contributed by atoms with Crippen molar-refractivity contribution >= 4 is 11.8 Å². The van der Waals surface area contributed by atoms with Gasteiger partial charge in [0.15, 0.2) is 0 Å². The maximum absolute atomic E-state index is 3.50. The van der Waals surface area contributed by atoms with Crippen molar-refractivity contribution in [1.82, 2.24) is 5.32 Å². The van der Waals surface area contributed by atoms with Crippen LogP contribution in [-0.2, 0) is 0 Å². The molecule has 1 fully saturated rings. The van der Waals surface area contributed by atoms with E-state index in [2.05, 4.69) is 38.0 Å². The first-order valence-electron chi connectivity index (χ1n) is 12.3. The Hall–Kier alpha value is 0.270. The fourth-order valence-corrected chi connectivity index (χ4v) is 5.45. The highest BCUT2D eigenvalue weighted by Crippen LogP contribution is 2.18. The Morgan fingerprint density at radius 1 is 0.741 bits per heavy atom. The number of likely N-dealkylation sites (N-methyl/N-ethyl adjacent to an activating group) is 1. The highest BCUT2D eigenvalue weighted by atomic mass is 32.2. The Balaban J connectivity index is 1.78. The SMILES string of the molecule is CCCCCCCCCCCCCCCCSCC(C)[N+]1(C)CCNCC1. The standard InChI is InChI=1S/C24H51N2S/c1-4-5-6-7-8-9-10-11-12-13-14-15-16-17-22-27-23-24(2)26(3)20-18-25-19-21-26/h24-25H,4-23H2,1-3H3/q+1. The zero-order valence-corrected chi connectivity index (χ0v) is 19.9. The first-order chi connectivity index (χ1) is 13.2. The van der Waals surface area contributed by atoms with Crippen LogP contribution in [0.4, 0.5) is 0 Å². The summed E-state index contributed by atoms with van der Waals surface area (Å²) in [4.78, 5) is 0. The summed E-state index contributed by atoms with van der Waals surface area (Å²) in [7, 11) is 2.46. The van der Waals surface area contributed by atoms with E-state index in [1.807, 2.05) is 0 Å². The monoisotopic (exact) mass is 399 g/mol. The van der Waals surface area contributed by atoms with Crippen molar-refractivity contribution in [2.75, 3.05) is 44.7 Å². The van der Waals surface area contributed by atoms with Crippen LogP contribution >= 0.6 is 11.8 Å². The number of unbranched alkanes of at least 4 members (excludes halogenated alkanes) is 13. The molecule has 1 aliphatic heterocycles.